The van der Waals surface area contributed by atoms with E-state index in [0.717, 1.165) is 37.6 Å². The molecule has 0 aliphatic heterocycles. The zero-order valence-corrected chi connectivity index (χ0v) is 17.8. The molecule has 0 fully saturated rings. The van der Waals surface area contributed by atoms with Crippen LogP contribution >= 0.6 is 0 Å². The number of rotatable bonds is 9. The summed E-state index contributed by atoms with van der Waals surface area (Å²) in [7, 11) is -1.21. The molecule has 1 N–H and O–H groups in total. The van der Waals surface area contributed by atoms with E-state index in [1.54, 1.807) is 0 Å². The second-order valence-corrected chi connectivity index (χ2v) is 8.74. The van der Waals surface area contributed by atoms with Crippen LogP contribution in [0.15, 0.2) is 42.5 Å². The summed E-state index contributed by atoms with van der Waals surface area (Å²) >= 11 is 0. The maximum atomic E-state index is 13.2. The number of hydrogen-bond acceptors (Lipinski definition) is 4. The molecule has 0 aliphatic rings. The van der Waals surface area contributed by atoms with Gasteiger partial charge in [-0.1, -0.05) is 12.1 Å². The lowest BCUT2D eigenvalue weighted by atomic mass is 10.1. The maximum absolute atomic E-state index is 13.2. The van der Waals surface area contributed by atoms with Gasteiger partial charge in [-0.3, -0.25) is 4.79 Å². The number of hydrogen-bond donors (Lipinski definition) is 1. The van der Waals surface area contributed by atoms with Crippen molar-refractivity contribution in [2.45, 2.75) is 13.8 Å². The molecule has 2 aromatic rings. The molecule has 0 radical (unpaired) electrons. The molecule has 1 amide bonds. The van der Waals surface area contributed by atoms with E-state index in [-0.39, 0.29) is 18.8 Å². The van der Waals surface area contributed by atoms with Crippen LogP contribution in [0.5, 0.6) is 5.75 Å². The summed E-state index contributed by atoms with van der Waals surface area (Å²) in [6.45, 7) is 3.96. The lowest BCUT2D eigenvalue weighted by Gasteiger charge is -2.26. The number of halogens is 1. The average molecular weight is 424 g/mol. The Hall–Kier alpha value is -2.65. The van der Waals surface area contributed by atoms with Gasteiger partial charge in [-0.15, -0.1) is 0 Å². The molecule has 9 heteroatoms. The summed E-state index contributed by atoms with van der Waals surface area (Å²) in [6, 6.07) is 10.6. The van der Waals surface area contributed by atoms with Crippen LogP contribution in [-0.2, 0) is 15.0 Å². The van der Waals surface area contributed by atoms with Gasteiger partial charge in [-0.2, -0.15) is 12.7 Å². The highest BCUT2D eigenvalue weighted by molar-refractivity contribution is 7.90. The molecule has 2 rings (SSSR count). The topological polar surface area (TPSA) is 79.0 Å². The van der Waals surface area contributed by atoms with Crippen molar-refractivity contribution < 1.29 is 22.3 Å². The van der Waals surface area contributed by atoms with Crippen LogP contribution in [-0.4, -0.2) is 52.4 Å². The van der Waals surface area contributed by atoms with Gasteiger partial charge in [0.15, 0.2) is 0 Å². The zero-order chi connectivity index (χ0) is 21.6. The van der Waals surface area contributed by atoms with E-state index >= 15 is 0 Å². The molecule has 0 bridgehead atoms. The highest BCUT2D eigenvalue weighted by Crippen LogP contribution is 2.21. The van der Waals surface area contributed by atoms with Crippen molar-refractivity contribution in [2.75, 3.05) is 38.1 Å². The summed E-state index contributed by atoms with van der Waals surface area (Å²) in [5.74, 6) is -0.254. The molecular formula is C20H26FN3O4S. The first-order valence-electron chi connectivity index (χ1n) is 9.04. The Morgan fingerprint density at radius 1 is 1.10 bits per heavy atom. The molecule has 2 aromatic carbocycles. The van der Waals surface area contributed by atoms with E-state index < -0.39 is 28.5 Å². The number of amides is 1. The van der Waals surface area contributed by atoms with Gasteiger partial charge in [-0.05, 0) is 55.3 Å². The maximum Gasteiger partial charge on any atom is 0.304 e. The molecule has 0 atom stereocenters. The molecule has 0 heterocycles. The van der Waals surface area contributed by atoms with Crippen molar-refractivity contribution in [3.63, 3.8) is 0 Å². The number of aryl methyl sites for hydroxylation is 1. The van der Waals surface area contributed by atoms with Crippen molar-refractivity contribution in [3.05, 3.63) is 59.4 Å². The van der Waals surface area contributed by atoms with Gasteiger partial charge in [0.05, 0.1) is 12.2 Å². The molecule has 7 nitrogen and oxygen atoms in total. The lowest BCUT2D eigenvalue weighted by Crippen LogP contribution is -2.46. The number of benzene rings is 2. The summed E-state index contributed by atoms with van der Waals surface area (Å²) in [5, 5.41) is 2.65. The van der Waals surface area contributed by atoms with Gasteiger partial charge in [0.1, 0.15) is 24.7 Å². The monoisotopic (exact) mass is 423 g/mol. The Bertz CT molecular complexity index is 947. The minimum atomic E-state index is -3.93. The Morgan fingerprint density at radius 3 is 2.38 bits per heavy atom. The Kier molecular flexibility index (Phi) is 7.58. The van der Waals surface area contributed by atoms with Crippen LogP contribution in [0, 0.1) is 19.7 Å². The number of carbonyl (C=O) groups excluding carboxylic acids is 1. The fourth-order valence-electron chi connectivity index (χ4n) is 2.53. The molecule has 158 valence electrons. The number of carbonyl (C=O) groups is 1. The zero-order valence-electron chi connectivity index (χ0n) is 17.0. The first-order chi connectivity index (χ1) is 13.6. The van der Waals surface area contributed by atoms with E-state index in [1.807, 2.05) is 32.0 Å². The van der Waals surface area contributed by atoms with Crippen molar-refractivity contribution >= 4 is 21.8 Å². The Labute approximate surface area is 171 Å². The first kappa shape index (κ1) is 22.6. The smallest absolute Gasteiger partial charge is 0.304 e. The fourth-order valence-corrected chi connectivity index (χ4v) is 3.59. The molecule has 0 spiro atoms. The molecule has 0 aromatic heterocycles. The Balaban J connectivity index is 1.99. The lowest BCUT2D eigenvalue weighted by molar-refractivity contribution is -0.119. The third-order valence-electron chi connectivity index (χ3n) is 4.38. The van der Waals surface area contributed by atoms with E-state index in [0.29, 0.717) is 0 Å². The largest absolute Gasteiger partial charge is 0.491 e. The summed E-state index contributed by atoms with van der Waals surface area (Å²) in [4.78, 5) is 12.3. The molecule has 0 unspecified atom stereocenters. The van der Waals surface area contributed by atoms with Crippen LogP contribution in [0.2, 0.25) is 0 Å². The van der Waals surface area contributed by atoms with Crippen LogP contribution < -0.4 is 14.4 Å². The van der Waals surface area contributed by atoms with E-state index in [9.17, 15) is 17.6 Å². The van der Waals surface area contributed by atoms with Gasteiger partial charge in [0.2, 0.25) is 5.91 Å². The van der Waals surface area contributed by atoms with Crippen molar-refractivity contribution in [1.29, 1.82) is 0 Å². The molecule has 0 aliphatic carbocycles. The molecular weight excluding hydrogens is 397 g/mol. The normalized spacial score (nSPS) is 11.4. The number of nitrogens with one attached hydrogen (secondary N) is 1. The van der Waals surface area contributed by atoms with Gasteiger partial charge >= 0.3 is 10.2 Å². The van der Waals surface area contributed by atoms with Gasteiger partial charge < -0.3 is 10.1 Å². The van der Waals surface area contributed by atoms with Gasteiger partial charge in [0.25, 0.3) is 0 Å². The van der Waals surface area contributed by atoms with Crippen molar-refractivity contribution in [3.8, 4) is 5.75 Å². The third kappa shape index (κ3) is 5.91. The third-order valence-corrected chi connectivity index (χ3v) is 6.20. The van der Waals surface area contributed by atoms with Crippen molar-refractivity contribution in [2.24, 2.45) is 0 Å². The minimum Gasteiger partial charge on any atom is -0.491 e. The summed E-state index contributed by atoms with van der Waals surface area (Å²) < 4.78 is 46.0. The first-order valence-corrected chi connectivity index (χ1v) is 10.4. The molecule has 0 saturated heterocycles. The summed E-state index contributed by atoms with van der Waals surface area (Å²) in [6.07, 6.45) is 0. The van der Waals surface area contributed by atoms with Crippen LogP contribution in [0.25, 0.3) is 0 Å². The SMILES string of the molecule is Cc1cccc(OCCNC(=O)CN(c2ccc(F)cc2)S(=O)(=O)N(C)C)c1C. The predicted molar refractivity (Wildman–Crippen MR) is 111 cm³/mol. The number of anilines is 1. The minimum absolute atomic E-state index is 0.196. The number of nitrogens with zero attached hydrogens (tertiary/aromatic N) is 2. The second-order valence-electron chi connectivity index (χ2n) is 6.67. The van der Waals surface area contributed by atoms with E-state index in [2.05, 4.69) is 5.32 Å². The Morgan fingerprint density at radius 2 is 1.76 bits per heavy atom. The molecule has 29 heavy (non-hydrogen) atoms. The second kappa shape index (κ2) is 9.71. The quantitative estimate of drug-likeness (QED) is 0.628. The van der Waals surface area contributed by atoms with E-state index in [4.69, 9.17) is 4.74 Å². The van der Waals surface area contributed by atoms with Crippen LogP contribution in [0.3, 0.4) is 0 Å². The standard InChI is InChI=1S/C20H26FN3O4S/c1-15-6-5-7-19(16(15)2)28-13-12-22-20(25)14-24(29(26,27)23(3)4)18-10-8-17(21)9-11-18/h5-11H,12-14H2,1-4H3,(H,22,25). The predicted octanol–water partition coefficient (Wildman–Crippen LogP) is 2.25. The van der Waals surface area contributed by atoms with Crippen molar-refractivity contribution in [1.82, 2.24) is 9.62 Å². The van der Waals surface area contributed by atoms with E-state index in [1.165, 1.54) is 26.2 Å². The van der Waals surface area contributed by atoms with Gasteiger partial charge in [-0.25, -0.2) is 8.70 Å². The molecule has 0 saturated carbocycles. The van der Waals surface area contributed by atoms with Crippen LogP contribution in [0.4, 0.5) is 10.1 Å². The average Bonchev–Trinajstić information content (AvgIpc) is 2.67. The van der Waals surface area contributed by atoms with Crippen LogP contribution in [0.1, 0.15) is 11.1 Å². The van der Waals surface area contributed by atoms with Gasteiger partial charge in [0, 0.05) is 14.1 Å². The number of ether oxygens (including phenoxy) is 1. The highest BCUT2D eigenvalue weighted by Gasteiger charge is 2.27. The highest BCUT2D eigenvalue weighted by atomic mass is 32.2. The summed E-state index contributed by atoms with van der Waals surface area (Å²) in [5.41, 5.74) is 2.33. The fraction of sp³-hybridized carbons (Fsp3) is 0.350.